The van der Waals surface area contributed by atoms with Gasteiger partial charge in [0.2, 0.25) is 0 Å². The summed E-state index contributed by atoms with van der Waals surface area (Å²) in [6, 6.07) is 44.4. The van der Waals surface area contributed by atoms with E-state index in [4.69, 9.17) is 45.6 Å². The Kier molecular flexibility index (Phi) is 28.9. The lowest BCUT2D eigenvalue weighted by molar-refractivity contribution is 0.481. The van der Waals surface area contributed by atoms with Gasteiger partial charge in [0.05, 0.1) is 0 Å². The number of aryl methyl sites for hydroxylation is 3. The van der Waals surface area contributed by atoms with Crippen molar-refractivity contribution in [2.24, 2.45) is 20.0 Å². The fraction of sp³-hybridized carbons (Fsp3) is 0.517. The number of benzene rings is 6. The normalized spacial score (nSPS) is 12.8. The van der Waals surface area contributed by atoms with Crippen LogP contribution in [0.4, 0.5) is 11.6 Å². The third-order valence-electron chi connectivity index (χ3n) is 20.7. The molecule has 0 atom stereocenters. The molecule has 0 N–H and O–H groups in total. The molecule has 8 aromatic rings. The predicted octanol–water partition coefficient (Wildman–Crippen LogP) is 26.2. The van der Waals surface area contributed by atoms with Crippen molar-refractivity contribution in [2.75, 3.05) is 0 Å². The molecule has 3 aliphatic heterocycles. The maximum Gasteiger partial charge on any atom is 0.499 e. The molecule has 9 nitrogen and oxygen atoms in total. The van der Waals surface area contributed by atoms with Crippen molar-refractivity contribution in [1.29, 1.82) is 0 Å². The number of nitrogens with zero attached hydrogens (tertiary/aromatic N) is 6. The average molecular weight is 1340 g/mol. The Balaban J connectivity index is 0.808. The number of halogens is 1. The quantitative estimate of drug-likeness (QED) is 0.0281. The summed E-state index contributed by atoms with van der Waals surface area (Å²) >= 11 is 7.93. The van der Waals surface area contributed by atoms with Gasteiger partial charge in [-0.05, 0) is 146 Å². The fourth-order valence-electron chi connectivity index (χ4n) is 15.0. The molecule has 11 rings (SSSR count). The zero-order chi connectivity index (χ0) is 67.4. The second-order valence-electron chi connectivity index (χ2n) is 28.8. The first kappa shape index (κ1) is 72.3. The molecule has 0 radical (unpaired) electrons. The molecule has 98 heavy (non-hydrogen) atoms. The van der Waals surface area contributed by atoms with Gasteiger partial charge in [0.25, 0.3) is 0 Å². The van der Waals surface area contributed by atoms with Gasteiger partial charge in [0.1, 0.15) is 57.1 Å². The van der Waals surface area contributed by atoms with Crippen LogP contribution in [0.3, 0.4) is 0 Å². The molecular weight excluding hydrogens is 1220 g/mol. The van der Waals surface area contributed by atoms with Gasteiger partial charge in [-0.25, -0.2) is 20.0 Å². The van der Waals surface area contributed by atoms with E-state index in [1.54, 1.807) is 0 Å². The van der Waals surface area contributed by atoms with Crippen LogP contribution in [-0.2, 0) is 19.3 Å². The van der Waals surface area contributed by atoms with Crippen LogP contribution in [0.5, 0.6) is 34.5 Å². The Morgan fingerprint density at radius 3 is 1.05 bits per heavy atom. The molecule has 4 bridgehead atoms. The SMILES string of the molecule is CCCCCCCCCCCCCCCc1cccc(Oc2ccc3c(c2)C2=Nc4c5cc(Oc6cccc(CCCCCCCCCCCCCCC)c6)ccc5c5n4B(Cl)n4c(c6cc(Oc7cccc(CCCCCCCCCCCCCCC)c7)ccc6c4=N5)=NC3=N2)c1. The first-order chi connectivity index (χ1) is 48.4. The van der Waals surface area contributed by atoms with E-state index in [0.29, 0.717) is 51.5 Å². The van der Waals surface area contributed by atoms with Gasteiger partial charge in [-0.1, -0.05) is 288 Å². The minimum atomic E-state index is -0.778. The molecule has 0 amide bonds. The lowest BCUT2D eigenvalue weighted by Crippen LogP contribution is -2.44. The largest absolute Gasteiger partial charge is 0.499 e. The molecule has 6 aromatic carbocycles. The second-order valence-corrected chi connectivity index (χ2v) is 29.2. The summed E-state index contributed by atoms with van der Waals surface area (Å²) in [6.07, 6.45) is 55.0. The monoisotopic (exact) mass is 1340 g/mol. The molecule has 0 fully saturated rings. The summed E-state index contributed by atoms with van der Waals surface area (Å²) in [6.45, 7) is 6.88. The van der Waals surface area contributed by atoms with Crippen LogP contribution in [0.1, 0.15) is 299 Å². The maximum atomic E-state index is 7.93. The van der Waals surface area contributed by atoms with Crippen molar-refractivity contribution in [3.8, 4) is 34.5 Å². The number of rotatable bonds is 48. The molecule has 0 aliphatic carbocycles. The van der Waals surface area contributed by atoms with Crippen LogP contribution in [0.25, 0.3) is 21.5 Å². The van der Waals surface area contributed by atoms with Gasteiger partial charge in [0.15, 0.2) is 11.7 Å². The highest BCUT2D eigenvalue weighted by Crippen LogP contribution is 2.44. The number of unbranched alkanes of at least 4 members (excludes halogenated alkanes) is 36. The topological polar surface area (TPSA) is 87.0 Å². The summed E-state index contributed by atoms with van der Waals surface area (Å²) in [5.74, 6) is 6.98. The predicted molar refractivity (Wildman–Crippen MR) is 415 cm³/mol. The van der Waals surface area contributed by atoms with E-state index in [2.05, 4.69) is 130 Å². The highest BCUT2D eigenvalue weighted by molar-refractivity contribution is 7.05. The number of hydrogen-bond acceptors (Lipinski definition) is 7. The van der Waals surface area contributed by atoms with Crippen molar-refractivity contribution in [1.82, 2.24) is 8.96 Å². The first-order valence-electron chi connectivity index (χ1n) is 39.5. The summed E-state index contributed by atoms with van der Waals surface area (Å²) in [5, 5.41) is 3.56. The molecule has 0 spiro atoms. The Morgan fingerprint density at radius 1 is 0.286 bits per heavy atom. The first-order valence-corrected chi connectivity index (χ1v) is 39.9. The van der Waals surface area contributed by atoms with Crippen LogP contribution < -0.4 is 25.2 Å². The van der Waals surface area contributed by atoms with Gasteiger partial charge in [-0.3, -0.25) is 0 Å². The van der Waals surface area contributed by atoms with E-state index < -0.39 is 6.40 Å². The van der Waals surface area contributed by atoms with Crippen molar-refractivity contribution in [2.45, 2.75) is 290 Å². The van der Waals surface area contributed by atoms with E-state index in [9.17, 15) is 0 Å². The van der Waals surface area contributed by atoms with Gasteiger partial charge < -0.3 is 23.2 Å². The molecule has 2 aromatic heterocycles. The van der Waals surface area contributed by atoms with E-state index in [0.717, 1.165) is 69.2 Å². The highest BCUT2D eigenvalue weighted by Gasteiger charge is 2.36. The number of amidine groups is 2. The number of aromatic nitrogens is 2. The Labute approximate surface area is 593 Å². The van der Waals surface area contributed by atoms with Crippen LogP contribution >= 0.6 is 11.5 Å². The Morgan fingerprint density at radius 2 is 0.622 bits per heavy atom. The number of hydrogen-bond donors (Lipinski definition) is 0. The molecule has 520 valence electrons. The minimum Gasteiger partial charge on any atom is -0.457 e. The molecule has 0 saturated heterocycles. The Hall–Kier alpha value is -6.91. The number of fused-ring (bicyclic) bond motifs is 10. The van der Waals surface area contributed by atoms with Crippen molar-refractivity contribution in [3.63, 3.8) is 0 Å². The van der Waals surface area contributed by atoms with E-state index >= 15 is 0 Å². The summed E-state index contributed by atoms with van der Waals surface area (Å²) in [7, 11) is 0. The van der Waals surface area contributed by atoms with Gasteiger partial charge in [-0.2, -0.15) is 0 Å². The third-order valence-corrected chi connectivity index (χ3v) is 21.1. The van der Waals surface area contributed by atoms with E-state index in [-0.39, 0.29) is 0 Å². The number of aliphatic imine (C=N–C) groups is 2. The molecule has 5 heterocycles. The van der Waals surface area contributed by atoms with Crippen LogP contribution in [0, 0.1) is 0 Å². The van der Waals surface area contributed by atoms with Crippen LogP contribution in [-0.4, -0.2) is 27.0 Å². The number of ether oxygens (including phenoxy) is 3. The maximum absolute atomic E-state index is 7.93. The summed E-state index contributed by atoms with van der Waals surface area (Å²) in [4.78, 5) is 21.8. The fourth-order valence-corrected chi connectivity index (χ4v) is 15.4. The van der Waals surface area contributed by atoms with Crippen molar-refractivity contribution < 1.29 is 14.2 Å². The highest BCUT2D eigenvalue weighted by atomic mass is 35.5. The molecular formula is C87H114BClN6O3. The molecule has 11 heteroatoms. The van der Waals surface area contributed by atoms with E-state index in [1.807, 2.05) is 27.2 Å². The zero-order valence-corrected chi connectivity index (χ0v) is 60.9. The third kappa shape index (κ3) is 20.6. The van der Waals surface area contributed by atoms with Crippen LogP contribution in [0.15, 0.2) is 147 Å². The smallest absolute Gasteiger partial charge is 0.457 e. The van der Waals surface area contributed by atoms with Gasteiger partial charge in [-0.15, -0.1) is 11.5 Å². The molecule has 3 aliphatic rings. The summed E-state index contributed by atoms with van der Waals surface area (Å²) < 4.78 is 24.4. The van der Waals surface area contributed by atoms with Gasteiger partial charge in [0, 0.05) is 32.7 Å². The second kappa shape index (κ2) is 39.2. The van der Waals surface area contributed by atoms with Crippen molar-refractivity contribution in [3.05, 3.63) is 166 Å². The standard InChI is InChI=1S/C87H114BClN6O3/c1-4-7-10-13-16-19-22-25-28-31-34-37-40-46-67-49-43-52-70(61-67)96-73-55-58-76-79(64-73)83-90-82(76)91-86-80-65-74(97-71-53-44-50-68(62-71)47-41-38-35-32-29-26-23-20-17-14-11-8-5-2)56-59-77(80)84-93-85-78-60-57-75(66-81(78)87(92-83)95(85)88(89)94(84)86)98-72-54-45-51-69(63-72)48-42-39-36-33-30-27-24-21-18-15-12-9-6-3/h43-45,49-66H,4-42,46-48H2,1-3H3. The van der Waals surface area contributed by atoms with Crippen molar-refractivity contribution >= 4 is 62.7 Å². The van der Waals surface area contributed by atoms with E-state index in [1.165, 1.54) is 267 Å². The Bertz CT molecular complexity index is 3990. The van der Waals surface area contributed by atoms with Crippen LogP contribution in [0.2, 0.25) is 0 Å². The lowest BCUT2D eigenvalue weighted by atomic mass is 10.0. The molecule has 0 saturated carbocycles. The zero-order valence-electron chi connectivity index (χ0n) is 60.2. The average Bonchev–Trinajstić information content (AvgIpc) is 1.54. The molecule has 0 unspecified atom stereocenters. The lowest BCUT2D eigenvalue weighted by Gasteiger charge is -2.18. The minimum absolute atomic E-state index is 0.524. The van der Waals surface area contributed by atoms with Gasteiger partial charge >= 0.3 is 6.40 Å². The summed E-state index contributed by atoms with van der Waals surface area (Å²) in [5.41, 5.74) is 6.94.